The van der Waals surface area contributed by atoms with Gasteiger partial charge in [0.2, 0.25) is 5.91 Å². The van der Waals surface area contributed by atoms with Crippen LogP contribution in [0.1, 0.15) is 19.4 Å². The molecule has 126 valence electrons. The molecule has 24 heavy (non-hydrogen) atoms. The fraction of sp³-hybridized carbons (Fsp3) is 0.263. The van der Waals surface area contributed by atoms with Gasteiger partial charge in [-0.15, -0.1) is 0 Å². The van der Waals surface area contributed by atoms with Gasteiger partial charge in [-0.05, 0) is 42.7 Å². The smallest absolute Gasteiger partial charge is 0.319 e. The molecule has 5 nitrogen and oxygen atoms in total. The summed E-state index contributed by atoms with van der Waals surface area (Å²) in [4.78, 5) is 24.6. The number of anilines is 2. The zero-order chi connectivity index (χ0) is 17.5. The van der Waals surface area contributed by atoms with Gasteiger partial charge in [-0.3, -0.25) is 4.79 Å². The lowest BCUT2D eigenvalue weighted by atomic mass is 10.0. The molecule has 0 unspecified atom stereocenters. The summed E-state index contributed by atoms with van der Waals surface area (Å²) in [7, 11) is 0. The van der Waals surface area contributed by atoms with Crippen LogP contribution >= 0.6 is 0 Å². The Morgan fingerprint density at radius 1 is 0.875 bits per heavy atom. The molecular weight excluding hydrogens is 302 g/mol. The molecule has 0 bridgehead atoms. The van der Waals surface area contributed by atoms with E-state index < -0.39 is 12.1 Å². The fourth-order valence-electron chi connectivity index (χ4n) is 2.31. The van der Waals surface area contributed by atoms with E-state index in [4.69, 9.17) is 0 Å². The molecule has 1 atom stereocenters. The van der Waals surface area contributed by atoms with Gasteiger partial charge in [-0.2, -0.15) is 0 Å². The lowest BCUT2D eigenvalue weighted by Gasteiger charge is -2.22. The van der Waals surface area contributed by atoms with Gasteiger partial charge in [-0.1, -0.05) is 44.2 Å². The highest BCUT2D eigenvalue weighted by atomic mass is 16.2. The van der Waals surface area contributed by atoms with Crippen LogP contribution in [0, 0.1) is 12.8 Å². The number of nitrogens with one attached hydrogen (secondary N) is 3. The first kappa shape index (κ1) is 17.5. The number of carbonyl (C=O) groups excluding carboxylic acids is 2. The van der Waals surface area contributed by atoms with Gasteiger partial charge < -0.3 is 16.0 Å². The largest absolute Gasteiger partial charge is 0.326 e. The predicted molar refractivity (Wildman–Crippen MR) is 97.0 cm³/mol. The number of carbonyl (C=O) groups is 2. The fourth-order valence-corrected chi connectivity index (χ4v) is 2.31. The molecule has 2 aromatic carbocycles. The zero-order valence-corrected chi connectivity index (χ0v) is 14.2. The zero-order valence-electron chi connectivity index (χ0n) is 14.2. The Bertz CT molecular complexity index is 699. The number of hydrogen-bond acceptors (Lipinski definition) is 2. The van der Waals surface area contributed by atoms with Crippen molar-refractivity contribution < 1.29 is 9.59 Å². The summed E-state index contributed by atoms with van der Waals surface area (Å²) >= 11 is 0. The summed E-state index contributed by atoms with van der Waals surface area (Å²) in [5, 5.41) is 8.31. The summed E-state index contributed by atoms with van der Waals surface area (Å²) in [6.07, 6.45) is 0. The Hall–Kier alpha value is -2.82. The minimum absolute atomic E-state index is 0.0451. The Labute approximate surface area is 142 Å². The van der Waals surface area contributed by atoms with Crippen LogP contribution in [0.3, 0.4) is 0 Å². The molecule has 0 aliphatic rings. The maximum Gasteiger partial charge on any atom is 0.319 e. The predicted octanol–water partition coefficient (Wildman–Crippen LogP) is 3.78. The number of amides is 3. The first-order valence-corrected chi connectivity index (χ1v) is 7.96. The van der Waals surface area contributed by atoms with Gasteiger partial charge in [0.05, 0.1) is 0 Å². The monoisotopic (exact) mass is 325 g/mol. The SMILES string of the molecule is Cc1cccc(NC(=O)[C@H](NC(=O)Nc2ccccc2)C(C)C)c1. The number of para-hydroxylation sites is 1. The van der Waals surface area contributed by atoms with Crippen LogP contribution in [0.25, 0.3) is 0 Å². The Morgan fingerprint density at radius 2 is 1.54 bits per heavy atom. The standard InChI is InChI=1S/C19H23N3O2/c1-13(2)17(18(23)20-16-11-7-8-14(3)12-16)22-19(24)21-15-9-5-4-6-10-15/h4-13,17H,1-3H3,(H,20,23)(H2,21,22,24)/t17-/m1/s1. The van der Waals surface area contributed by atoms with E-state index in [0.29, 0.717) is 5.69 Å². The van der Waals surface area contributed by atoms with Gasteiger partial charge in [0, 0.05) is 11.4 Å². The number of hydrogen-bond donors (Lipinski definition) is 3. The number of urea groups is 1. The molecule has 0 aromatic heterocycles. The maximum atomic E-state index is 12.5. The molecule has 0 saturated heterocycles. The van der Waals surface area contributed by atoms with Crippen molar-refractivity contribution in [2.45, 2.75) is 26.8 Å². The summed E-state index contributed by atoms with van der Waals surface area (Å²) in [6.45, 7) is 5.74. The second-order valence-corrected chi connectivity index (χ2v) is 6.04. The van der Waals surface area contributed by atoms with Crippen molar-refractivity contribution in [3.63, 3.8) is 0 Å². The van der Waals surface area contributed by atoms with Gasteiger partial charge in [-0.25, -0.2) is 4.79 Å². The van der Waals surface area contributed by atoms with E-state index >= 15 is 0 Å². The van der Waals surface area contributed by atoms with Gasteiger partial charge in [0.25, 0.3) is 0 Å². The van der Waals surface area contributed by atoms with E-state index in [1.165, 1.54) is 0 Å². The summed E-state index contributed by atoms with van der Waals surface area (Å²) in [6, 6.07) is 15.6. The highest BCUT2D eigenvalue weighted by molar-refractivity contribution is 5.99. The van der Waals surface area contributed by atoms with Crippen molar-refractivity contribution in [3.05, 3.63) is 60.2 Å². The molecular formula is C19H23N3O2. The topological polar surface area (TPSA) is 70.2 Å². The maximum absolute atomic E-state index is 12.5. The van der Waals surface area contributed by atoms with Crippen LogP contribution < -0.4 is 16.0 Å². The molecule has 2 aromatic rings. The minimum atomic E-state index is -0.630. The van der Waals surface area contributed by atoms with Crippen LogP contribution in [0.4, 0.5) is 16.2 Å². The van der Waals surface area contributed by atoms with Crippen LogP contribution in [-0.2, 0) is 4.79 Å². The Morgan fingerprint density at radius 3 is 2.17 bits per heavy atom. The van der Waals surface area contributed by atoms with Crippen molar-refractivity contribution in [2.24, 2.45) is 5.92 Å². The van der Waals surface area contributed by atoms with Gasteiger partial charge in [0.1, 0.15) is 6.04 Å². The summed E-state index contributed by atoms with van der Waals surface area (Å²) in [5.41, 5.74) is 2.45. The number of benzene rings is 2. The van der Waals surface area contributed by atoms with Crippen LogP contribution in [0.2, 0.25) is 0 Å². The first-order chi connectivity index (χ1) is 11.5. The average molecular weight is 325 g/mol. The second kappa shape index (κ2) is 8.15. The van der Waals surface area contributed by atoms with E-state index in [9.17, 15) is 9.59 Å². The molecule has 0 radical (unpaired) electrons. The van der Waals surface area contributed by atoms with Gasteiger partial charge in [0.15, 0.2) is 0 Å². The normalized spacial score (nSPS) is 11.7. The molecule has 5 heteroatoms. The molecule has 0 fully saturated rings. The molecule has 0 heterocycles. The second-order valence-electron chi connectivity index (χ2n) is 6.04. The van der Waals surface area contributed by atoms with Crippen molar-refractivity contribution in [1.82, 2.24) is 5.32 Å². The molecule has 3 N–H and O–H groups in total. The van der Waals surface area contributed by atoms with Crippen LogP contribution in [0.5, 0.6) is 0 Å². The lowest BCUT2D eigenvalue weighted by Crippen LogP contribution is -2.48. The Kier molecular flexibility index (Phi) is 5.95. The molecule has 0 saturated carbocycles. The highest BCUT2D eigenvalue weighted by Gasteiger charge is 2.24. The number of aryl methyl sites for hydroxylation is 1. The molecule has 0 aliphatic carbocycles. The van der Waals surface area contributed by atoms with E-state index in [1.807, 2.05) is 63.2 Å². The van der Waals surface area contributed by atoms with Gasteiger partial charge >= 0.3 is 6.03 Å². The van der Waals surface area contributed by atoms with Crippen molar-refractivity contribution in [2.75, 3.05) is 10.6 Å². The molecule has 3 amide bonds. The van der Waals surface area contributed by atoms with Crippen molar-refractivity contribution >= 4 is 23.3 Å². The highest BCUT2D eigenvalue weighted by Crippen LogP contribution is 2.12. The summed E-state index contributed by atoms with van der Waals surface area (Å²) in [5.74, 6) is -0.282. The van der Waals surface area contributed by atoms with Crippen molar-refractivity contribution in [3.8, 4) is 0 Å². The van der Waals surface area contributed by atoms with Crippen molar-refractivity contribution in [1.29, 1.82) is 0 Å². The van der Waals surface area contributed by atoms with E-state index in [2.05, 4.69) is 16.0 Å². The lowest BCUT2D eigenvalue weighted by molar-refractivity contribution is -0.118. The van der Waals surface area contributed by atoms with E-state index in [-0.39, 0.29) is 11.8 Å². The minimum Gasteiger partial charge on any atom is -0.326 e. The average Bonchev–Trinajstić information content (AvgIpc) is 2.53. The number of rotatable bonds is 5. The van der Waals surface area contributed by atoms with E-state index in [0.717, 1.165) is 11.3 Å². The molecule has 0 spiro atoms. The third-order valence-electron chi connectivity index (χ3n) is 3.55. The third kappa shape index (κ3) is 5.12. The molecule has 0 aliphatic heterocycles. The Balaban J connectivity index is 2.00. The quantitative estimate of drug-likeness (QED) is 0.783. The van der Waals surface area contributed by atoms with Crippen LogP contribution in [-0.4, -0.2) is 18.0 Å². The van der Waals surface area contributed by atoms with Crippen LogP contribution in [0.15, 0.2) is 54.6 Å². The molecule has 2 rings (SSSR count). The first-order valence-electron chi connectivity index (χ1n) is 7.96. The van der Waals surface area contributed by atoms with E-state index in [1.54, 1.807) is 12.1 Å². The summed E-state index contributed by atoms with van der Waals surface area (Å²) < 4.78 is 0. The third-order valence-corrected chi connectivity index (χ3v) is 3.55.